The van der Waals surface area contributed by atoms with E-state index >= 15 is 0 Å². The number of nitrogens with zero attached hydrogens (tertiary/aromatic N) is 4. The molecule has 2 amide bonds. The first-order valence-electron chi connectivity index (χ1n) is 20.9. The minimum atomic E-state index is -0.606. The van der Waals surface area contributed by atoms with Crippen LogP contribution in [0.25, 0.3) is 5.69 Å². The standard InChI is InChI=1S/C47H55ClN6O9/c1-32-52-53-47-40(51-46(35-12-14-36(48)15-13-35)39-29-37(57-2)16-17-41(39)54(32)47)30-44(55)49-19-21-60-23-25-62-26-24-61-22-20-50-45(56)31-63-38-10-6-9-33(27-38)7-5-8-34-11-18-42(58-3)43(28-34)59-4/h6,9-18,27-29,40H,5,7-8,19-26,30-31H2,1-4H3,(H,49,55)(H,50,56)/t40-/m0/s1. The van der Waals surface area contributed by atoms with E-state index in [0.29, 0.717) is 92.4 Å². The van der Waals surface area contributed by atoms with Crippen molar-refractivity contribution in [2.75, 3.05) is 80.7 Å². The zero-order valence-corrected chi connectivity index (χ0v) is 36.9. The fourth-order valence-electron chi connectivity index (χ4n) is 7.02. The predicted molar refractivity (Wildman–Crippen MR) is 239 cm³/mol. The van der Waals surface area contributed by atoms with E-state index in [9.17, 15) is 9.59 Å². The number of aliphatic imine (C=N–C) groups is 1. The van der Waals surface area contributed by atoms with Crippen LogP contribution in [0, 0.1) is 6.92 Å². The molecule has 6 rings (SSSR count). The molecule has 4 aromatic carbocycles. The third-order valence-electron chi connectivity index (χ3n) is 10.2. The van der Waals surface area contributed by atoms with Crippen LogP contribution < -0.4 is 29.6 Å². The topological polar surface area (TPSA) is 166 Å². The average Bonchev–Trinajstić information content (AvgIpc) is 3.63. The number of hydrogen-bond donors (Lipinski definition) is 2. The number of nitrogens with one attached hydrogen (secondary N) is 2. The van der Waals surface area contributed by atoms with E-state index in [-0.39, 0.29) is 24.8 Å². The summed E-state index contributed by atoms with van der Waals surface area (Å²) in [5.74, 6) is 3.58. The summed E-state index contributed by atoms with van der Waals surface area (Å²) in [6.45, 7) is 4.59. The van der Waals surface area contributed by atoms with E-state index in [0.717, 1.165) is 47.4 Å². The van der Waals surface area contributed by atoms with Gasteiger partial charge in [-0.1, -0.05) is 41.9 Å². The maximum Gasteiger partial charge on any atom is 0.258 e. The van der Waals surface area contributed by atoms with Crippen LogP contribution in [0.4, 0.5) is 0 Å². The fraction of sp³-hybridized carbons (Fsp3) is 0.383. The summed E-state index contributed by atoms with van der Waals surface area (Å²) < 4.78 is 40.8. The largest absolute Gasteiger partial charge is 0.497 e. The lowest BCUT2D eigenvalue weighted by Crippen LogP contribution is -2.32. The van der Waals surface area contributed by atoms with Gasteiger partial charge in [-0.25, -0.2) is 0 Å². The van der Waals surface area contributed by atoms with Crippen molar-refractivity contribution in [3.8, 4) is 28.7 Å². The number of amides is 2. The van der Waals surface area contributed by atoms with Crippen molar-refractivity contribution in [3.05, 3.63) is 124 Å². The molecule has 1 aliphatic rings. The van der Waals surface area contributed by atoms with Gasteiger partial charge in [0.05, 0.1) is 78.8 Å². The Labute approximate surface area is 373 Å². The van der Waals surface area contributed by atoms with Crippen LogP contribution in [0.15, 0.2) is 89.9 Å². The van der Waals surface area contributed by atoms with Gasteiger partial charge in [0.25, 0.3) is 5.91 Å². The van der Waals surface area contributed by atoms with Crippen LogP contribution in [0.3, 0.4) is 0 Å². The second-order valence-corrected chi connectivity index (χ2v) is 15.0. The Bertz CT molecular complexity index is 2300. The number of fused-ring (bicyclic) bond motifs is 3. The molecule has 1 aromatic heterocycles. The van der Waals surface area contributed by atoms with E-state index in [1.807, 2.05) is 90.4 Å². The fourth-order valence-corrected chi connectivity index (χ4v) is 7.14. The van der Waals surface area contributed by atoms with Gasteiger partial charge in [-0.05, 0) is 91.9 Å². The Morgan fingerprint density at radius 2 is 1.38 bits per heavy atom. The highest BCUT2D eigenvalue weighted by Gasteiger charge is 2.30. The maximum absolute atomic E-state index is 13.2. The first kappa shape index (κ1) is 46.5. The van der Waals surface area contributed by atoms with Gasteiger partial charge in [-0.3, -0.25) is 19.1 Å². The lowest BCUT2D eigenvalue weighted by Gasteiger charge is -2.14. The number of benzene rings is 4. The molecule has 1 aliphatic heterocycles. The van der Waals surface area contributed by atoms with E-state index < -0.39 is 6.04 Å². The molecule has 0 unspecified atom stereocenters. The molecular weight excluding hydrogens is 828 g/mol. The summed E-state index contributed by atoms with van der Waals surface area (Å²) in [7, 11) is 4.88. The highest BCUT2D eigenvalue weighted by atomic mass is 35.5. The van der Waals surface area contributed by atoms with Gasteiger partial charge in [0.1, 0.15) is 23.4 Å². The van der Waals surface area contributed by atoms with Gasteiger partial charge >= 0.3 is 0 Å². The van der Waals surface area contributed by atoms with Gasteiger partial charge in [-0.15, -0.1) is 10.2 Å². The average molecular weight is 883 g/mol. The molecule has 16 heteroatoms. The monoisotopic (exact) mass is 882 g/mol. The van der Waals surface area contributed by atoms with Crippen molar-refractivity contribution < 1.29 is 42.7 Å². The lowest BCUT2D eigenvalue weighted by molar-refractivity contribution is -0.123. The minimum absolute atomic E-state index is 0.0559. The van der Waals surface area contributed by atoms with Crippen molar-refractivity contribution in [1.29, 1.82) is 0 Å². The molecule has 2 N–H and O–H groups in total. The number of aryl methyl sites for hydroxylation is 3. The van der Waals surface area contributed by atoms with Gasteiger partial charge in [0.15, 0.2) is 23.9 Å². The quantitative estimate of drug-likeness (QED) is 0.0654. The lowest BCUT2D eigenvalue weighted by atomic mass is 10.00. The third kappa shape index (κ3) is 13.5. The summed E-state index contributed by atoms with van der Waals surface area (Å²) in [6, 6.07) is 26.4. The molecule has 5 aromatic rings. The van der Waals surface area contributed by atoms with Crippen molar-refractivity contribution in [2.24, 2.45) is 4.99 Å². The van der Waals surface area contributed by atoms with Gasteiger partial charge in [0.2, 0.25) is 5.91 Å². The molecule has 1 atom stereocenters. The molecule has 15 nitrogen and oxygen atoms in total. The zero-order valence-electron chi connectivity index (χ0n) is 36.2. The molecule has 63 heavy (non-hydrogen) atoms. The van der Waals surface area contributed by atoms with Crippen LogP contribution in [0.5, 0.6) is 23.0 Å². The number of carbonyl (C=O) groups is 2. The van der Waals surface area contributed by atoms with E-state index in [1.165, 1.54) is 5.56 Å². The Kier molecular flexibility index (Phi) is 17.7. The van der Waals surface area contributed by atoms with E-state index in [1.54, 1.807) is 21.3 Å². The summed E-state index contributed by atoms with van der Waals surface area (Å²) >= 11 is 6.21. The van der Waals surface area contributed by atoms with E-state index in [2.05, 4.69) is 26.9 Å². The number of methoxy groups -OCH3 is 3. The molecule has 2 heterocycles. The summed E-state index contributed by atoms with van der Waals surface area (Å²) in [4.78, 5) is 30.6. The molecule has 0 saturated heterocycles. The highest BCUT2D eigenvalue weighted by Crippen LogP contribution is 2.34. The molecule has 334 valence electrons. The first-order chi connectivity index (χ1) is 30.8. The van der Waals surface area contributed by atoms with Gasteiger partial charge in [-0.2, -0.15) is 0 Å². The number of carbonyl (C=O) groups excluding carboxylic acids is 2. The minimum Gasteiger partial charge on any atom is -0.497 e. The Hall–Kier alpha value is -6.00. The normalized spacial score (nSPS) is 13.0. The molecular formula is C47H55ClN6O9. The summed E-state index contributed by atoms with van der Waals surface area (Å²) in [6.07, 6.45) is 2.78. The second kappa shape index (κ2) is 24.0. The second-order valence-electron chi connectivity index (χ2n) is 14.5. The zero-order chi connectivity index (χ0) is 44.4. The number of ether oxygens (including phenoxy) is 7. The third-order valence-corrected chi connectivity index (χ3v) is 10.4. The van der Waals surface area contributed by atoms with E-state index in [4.69, 9.17) is 49.8 Å². The Balaban J connectivity index is 0.813. The number of aromatic nitrogens is 3. The smallest absolute Gasteiger partial charge is 0.258 e. The molecule has 0 fully saturated rings. The van der Waals surface area contributed by atoms with Crippen LogP contribution in [0.2, 0.25) is 5.02 Å². The Morgan fingerprint density at radius 3 is 2.08 bits per heavy atom. The number of hydrogen-bond acceptors (Lipinski definition) is 12. The van der Waals surface area contributed by atoms with Crippen molar-refractivity contribution in [3.63, 3.8) is 0 Å². The summed E-state index contributed by atoms with van der Waals surface area (Å²) in [5.41, 5.74) is 5.52. The molecule has 0 aliphatic carbocycles. The highest BCUT2D eigenvalue weighted by molar-refractivity contribution is 6.30. The molecule has 0 bridgehead atoms. The number of halogens is 1. The van der Waals surface area contributed by atoms with Crippen LogP contribution in [-0.2, 0) is 36.6 Å². The van der Waals surface area contributed by atoms with Gasteiger partial charge < -0.3 is 43.8 Å². The van der Waals surface area contributed by atoms with Crippen molar-refractivity contribution in [2.45, 2.75) is 38.6 Å². The van der Waals surface area contributed by atoms with Crippen LogP contribution in [0.1, 0.15) is 52.8 Å². The SMILES string of the molecule is COc1ccc2c(c1)C(c1ccc(Cl)cc1)=N[C@@H](CC(=O)NCCOCCOCCOCCNC(=O)COc1cccc(CCCc3ccc(OC)c(OC)c3)c1)c1nnc(C)n1-2. The van der Waals surface area contributed by atoms with Crippen molar-refractivity contribution in [1.82, 2.24) is 25.4 Å². The predicted octanol–water partition coefficient (Wildman–Crippen LogP) is 6.07. The van der Waals surface area contributed by atoms with Crippen LogP contribution in [-0.4, -0.2) is 113 Å². The van der Waals surface area contributed by atoms with Crippen LogP contribution >= 0.6 is 11.6 Å². The number of rotatable bonds is 25. The molecule has 0 radical (unpaired) electrons. The molecule has 0 saturated carbocycles. The Morgan fingerprint density at radius 1 is 0.698 bits per heavy atom. The van der Waals surface area contributed by atoms with Crippen molar-refractivity contribution >= 4 is 29.1 Å². The van der Waals surface area contributed by atoms with Gasteiger partial charge in [0, 0.05) is 29.2 Å². The first-order valence-corrected chi connectivity index (χ1v) is 21.3. The summed E-state index contributed by atoms with van der Waals surface area (Å²) in [5, 5.41) is 15.1. The molecule has 0 spiro atoms. The maximum atomic E-state index is 13.2.